The number of anilines is 1. The molecule has 30 heavy (non-hydrogen) atoms. The number of ether oxygens (including phenoxy) is 2. The van der Waals surface area contributed by atoms with Crippen molar-refractivity contribution in [2.24, 2.45) is 0 Å². The Labute approximate surface area is 182 Å². The van der Waals surface area contributed by atoms with E-state index in [1.54, 1.807) is 50.6 Å². The van der Waals surface area contributed by atoms with Gasteiger partial charge in [-0.3, -0.25) is 9.59 Å². The maximum Gasteiger partial charge on any atom is 0.273 e. The molecule has 3 rings (SSSR count). The molecule has 0 aliphatic heterocycles. The Morgan fingerprint density at radius 1 is 1.07 bits per heavy atom. The van der Waals surface area contributed by atoms with Gasteiger partial charge in [0, 0.05) is 23.7 Å². The molecule has 0 radical (unpaired) electrons. The summed E-state index contributed by atoms with van der Waals surface area (Å²) >= 11 is 2.67. The van der Waals surface area contributed by atoms with Crippen molar-refractivity contribution in [3.8, 4) is 11.5 Å². The average molecular weight is 444 g/mol. The fourth-order valence-electron chi connectivity index (χ4n) is 2.65. The molecular formula is C21H21N3O4S2. The number of hydrogen-bond donors (Lipinski definition) is 2. The number of amides is 2. The van der Waals surface area contributed by atoms with Gasteiger partial charge >= 0.3 is 0 Å². The summed E-state index contributed by atoms with van der Waals surface area (Å²) in [6, 6.07) is 14.2. The lowest BCUT2D eigenvalue weighted by molar-refractivity contribution is 0.0947. The summed E-state index contributed by atoms with van der Waals surface area (Å²) in [4.78, 5) is 29.7. The molecule has 1 aromatic heterocycles. The maximum atomic E-state index is 12.8. The fraction of sp³-hybridized carbons (Fsp3) is 0.190. The highest BCUT2D eigenvalue weighted by Gasteiger charge is 2.21. The zero-order chi connectivity index (χ0) is 21.5. The number of nitrogens with zero attached hydrogens (tertiary/aromatic N) is 1. The van der Waals surface area contributed by atoms with Gasteiger partial charge in [-0.05, 0) is 30.5 Å². The molecule has 156 valence electrons. The number of thioether (sulfide) groups is 1. The number of carbonyl (C=O) groups is 2. The van der Waals surface area contributed by atoms with Crippen LogP contribution in [0.1, 0.15) is 26.4 Å². The number of hydrogen-bond acceptors (Lipinski definition) is 7. The van der Waals surface area contributed by atoms with Crippen molar-refractivity contribution in [2.75, 3.05) is 25.8 Å². The van der Waals surface area contributed by atoms with E-state index in [-0.39, 0.29) is 24.1 Å². The summed E-state index contributed by atoms with van der Waals surface area (Å²) < 4.78 is 11.2. The average Bonchev–Trinajstić information content (AvgIpc) is 3.20. The van der Waals surface area contributed by atoms with Gasteiger partial charge in [-0.15, -0.1) is 0 Å². The van der Waals surface area contributed by atoms with Crippen LogP contribution in [0.2, 0.25) is 0 Å². The zero-order valence-electron chi connectivity index (χ0n) is 16.7. The highest BCUT2D eigenvalue weighted by Crippen LogP contribution is 2.31. The van der Waals surface area contributed by atoms with Crippen LogP contribution in [0.3, 0.4) is 0 Å². The molecule has 0 atom stereocenters. The van der Waals surface area contributed by atoms with E-state index >= 15 is 0 Å². The van der Waals surface area contributed by atoms with Gasteiger partial charge in [0.1, 0.15) is 16.5 Å². The number of methoxy groups -OCH3 is 2. The lowest BCUT2D eigenvalue weighted by Gasteiger charge is -2.11. The van der Waals surface area contributed by atoms with E-state index in [4.69, 9.17) is 9.47 Å². The summed E-state index contributed by atoms with van der Waals surface area (Å²) in [6.45, 7) is 0.240. The lowest BCUT2D eigenvalue weighted by Crippen LogP contribution is -2.25. The van der Waals surface area contributed by atoms with Gasteiger partial charge in [0.25, 0.3) is 11.8 Å². The van der Waals surface area contributed by atoms with Crippen LogP contribution in [0.15, 0.2) is 52.9 Å². The molecule has 7 nitrogen and oxygen atoms in total. The molecule has 0 aliphatic carbocycles. The zero-order valence-corrected chi connectivity index (χ0v) is 18.4. The maximum absolute atomic E-state index is 12.8. The smallest absolute Gasteiger partial charge is 0.273 e. The molecule has 9 heteroatoms. The first-order valence-electron chi connectivity index (χ1n) is 8.96. The van der Waals surface area contributed by atoms with Gasteiger partial charge in [0.05, 0.1) is 14.2 Å². The third-order valence-corrected chi connectivity index (χ3v) is 6.15. The van der Waals surface area contributed by atoms with Crippen LogP contribution in [0.4, 0.5) is 5.00 Å². The number of rotatable bonds is 8. The molecule has 0 saturated carbocycles. The van der Waals surface area contributed by atoms with E-state index in [1.165, 1.54) is 23.1 Å². The summed E-state index contributed by atoms with van der Waals surface area (Å²) in [5, 5.41) is 6.05. The molecule has 0 unspecified atom stereocenters. The van der Waals surface area contributed by atoms with Gasteiger partial charge in [-0.1, -0.05) is 41.3 Å². The third-order valence-electron chi connectivity index (χ3n) is 4.19. The summed E-state index contributed by atoms with van der Waals surface area (Å²) in [7, 11) is 3.13. The van der Waals surface area contributed by atoms with Crippen molar-refractivity contribution in [2.45, 2.75) is 10.9 Å². The minimum absolute atomic E-state index is 0.182. The molecule has 2 N–H and O–H groups in total. The van der Waals surface area contributed by atoms with Crippen LogP contribution < -0.4 is 20.1 Å². The summed E-state index contributed by atoms with van der Waals surface area (Å²) in [5.41, 5.74) is 1.48. The number of aromatic nitrogens is 1. The molecule has 0 saturated heterocycles. The van der Waals surface area contributed by atoms with Crippen LogP contribution in [0, 0.1) is 0 Å². The Hall–Kier alpha value is -3.04. The first-order valence-corrected chi connectivity index (χ1v) is 11.0. The van der Waals surface area contributed by atoms with E-state index in [9.17, 15) is 9.59 Å². The van der Waals surface area contributed by atoms with E-state index in [2.05, 4.69) is 15.6 Å². The first-order chi connectivity index (χ1) is 14.5. The monoisotopic (exact) mass is 443 g/mol. The van der Waals surface area contributed by atoms with Gasteiger partial charge in [0.15, 0.2) is 10.0 Å². The number of benzene rings is 2. The van der Waals surface area contributed by atoms with Crippen molar-refractivity contribution >= 4 is 39.9 Å². The van der Waals surface area contributed by atoms with Crippen molar-refractivity contribution in [1.29, 1.82) is 0 Å². The van der Waals surface area contributed by atoms with E-state index in [0.717, 1.165) is 5.56 Å². The second kappa shape index (κ2) is 10.1. The standard InChI is InChI=1S/C21H21N3O4S2/c1-27-15-10-9-14(16(11-15)28-2)12-22-19(26)17-20(30-21(23-17)29-3)24-18(25)13-7-5-4-6-8-13/h4-11H,12H2,1-3H3,(H,22,26)(H,24,25). The van der Waals surface area contributed by atoms with Gasteiger partial charge < -0.3 is 20.1 Å². The topological polar surface area (TPSA) is 89.5 Å². The largest absolute Gasteiger partial charge is 0.497 e. The van der Waals surface area contributed by atoms with Crippen LogP contribution >= 0.6 is 23.1 Å². The normalized spacial score (nSPS) is 10.4. The summed E-state index contributed by atoms with van der Waals surface area (Å²) in [5.74, 6) is 0.595. The minimum atomic E-state index is -0.382. The molecular weight excluding hydrogens is 422 g/mol. The molecule has 0 spiro atoms. The van der Waals surface area contributed by atoms with E-state index < -0.39 is 0 Å². The van der Waals surface area contributed by atoms with Crippen molar-refractivity contribution in [3.63, 3.8) is 0 Å². The highest BCUT2D eigenvalue weighted by atomic mass is 32.2. The Bertz CT molecular complexity index is 1040. The number of nitrogens with one attached hydrogen (secondary N) is 2. The van der Waals surface area contributed by atoms with Crippen molar-refractivity contribution in [3.05, 3.63) is 65.4 Å². The highest BCUT2D eigenvalue weighted by molar-refractivity contribution is 8.00. The van der Waals surface area contributed by atoms with E-state index in [0.29, 0.717) is 26.4 Å². The van der Waals surface area contributed by atoms with Crippen LogP contribution in [-0.4, -0.2) is 37.3 Å². The molecule has 0 bridgehead atoms. The molecule has 2 amide bonds. The molecule has 0 fully saturated rings. The molecule has 2 aromatic carbocycles. The molecule has 0 aliphatic rings. The van der Waals surface area contributed by atoms with Crippen LogP contribution in [0.5, 0.6) is 11.5 Å². The number of carbonyl (C=O) groups excluding carboxylic acids is 2. The summed E-state index contributed by atoms with van der Waals surface area (Å²) in [6.07, 6.45) is 1.87. The van der Waals surface area contributed by atoms with Gasteiger partial charge in [-0.2, -0.15) is 0 Å². The Morgan fingerprint density at radius 3 is 2.50 bits per heavy atom. The first kappa shape index (κ1) is 21.7. The SMILES string of the molecule is COc1ccc(CNC(=O)c2nc(SC)sc2NC(=O)c2ccccc2)c(OC)c1. The molecule has 3 aromatic rings. The van der Waals surface area contributed by atoms with Gasteiger partial charge in [0.2, 0.25) is 0 Å². The van der Waals surface area contributed by atoms with Crippen molar-refractivity contribution in [1.82, 2.24) is 10.3 Å². The predicted molar refractivity (Wildman–Crippen MR) is 119 cm³/mol. The fourth-order valence-corrected chi connectivity index (χ4v) is 4.10. The predicted octanol–water partition coefficient (Wildman–Crippen LogP) is 4.06. The number of thiazole rings is 1. The Morgan fingerprint density at radius 2 is 1.83 bits per heavy atom. The lowest BCUT2D eigenvalue weighted by atomic mass is 10.2. The molecule has 1 heterocycles. The van der Waals surface area contributed by atoms with E-state index in [1.807, 2.05) is 18.4 Å². The third kappa shape index (κ3) is 5.11. The van der Waals surface area contributed by atoms with Gasteiger partial charge in [-0.25, -0.2) is 4.98 Å². The Balaban J connectivity index is 1.76. The minimum Gasteiger partial charge on any atom is -0.497 e. The Kier molecular flexibility index (Phi) is 7.31. The van der Waals surface area contributed by atoms with Crippen LogP contribution in [0.25, 0.3) is 0 Å². The quantitative estimate of drug-likeness (QED) is 0.510. The second-order valence-electron chi connectivity index (χ2n) is 6.04. The van der Waals surface area contributed by atoms with Crippen LogP contribution in [-0.2, 0) is 6.54 Å². The second-order valence-corrected chi connectivity index (χ2v) is 8.09. The van der Waals surface area contributed by atoms with Crippen molar-refractivity contribution < 1.29 is 19.1 Å².